The fraction of sp³-hybridized carbons (Fsp3) is 0.348. The highest BCUT2D eigenvalue weighted by molar-refractivity contribution is 5.67. The maximum absolute atomic E-state index is 13.2. The van der Waals surface area contributed by atoms with Gasteiger partial charge in [0.05, 0.1) is 24.5 Å². The van der Waals surface area contributed by atoms with Gasteiger partial charge in [-0.3, -0.25) is 9.88 Å². The average molecular weight is 443 g/mol. The first-order chi connectivity index (χ1) is 15.5. The van der Waals surface area contributed by atoms with Gasteiger partial charge < -0.3 is 10.1 Å². The van der Waals surface area contributed by atoms with Gasteiger partial charge in [-0.2, -0.15) is 13.2 Å². The Morgan fingerprint density at radius 2 is 1.81 bits per heavy atom. The number of rotatable bonds is 7. The van der Waals surface area contributed by atoms with E-state index in [0.717, 1.165) is 51.4 Å². The first kappa shape index (κ1) is 22.2. The van der Waals surface area contributed by atoms with Crippen molar-refractivity contribution in [3.63, 3.8) is 0 Å². The Kier molecular flexibility index (Phi) is 6.96. The van der Waals surface area contributed by atoms with Crippen LogP contribution in [0.2, 0.25) is 0 Å². The Morgan fingerprint density at radius 1 is 0.969 bits per heavy atom. The molecule has 0 bridgehead atoms. The molecule has 1 fully saturated rings. The molecule has 1 aliphatic rings. The summed E-state index contributed by atoms with van der Waals surface area (Å²) < 4.78 is 45.0. The number of morpholine rings is 1. The summed E-state index contributed by atoms with van der Waals surface area (Å²) in [6.07, 6.45) is -1.89. The number of hydrogen-bond acceptors (Lipinski definition) is 6. The van der Waals surface area contributed by atoms with Crippen LogP contribution in [0, 0.1) is 0 Å². The summed E-state index contributed by atoms with van der Waals surface area (Å²) in [6, 6.07) is 12.2. The van der Waals surface area contributed by atoms with E-state index in [-0.39, 0.29) is 0 Å². The number of hydrogen-bond donors (Lipinski definition) is 1. The van der Waals surface area contributed by atoms with Crippen molar-refractivity contribution in [2.75, 3.05) is 44.7 Å². The molecule has 0 amide bonds. The Labute approximate surface area is 184 Å². The third-order valence-electron chi connectivity index (χ3n) is 5.17. The van der Waals surface area contributed by atoms with E-state index >= 15 is 0 Å². The smallest absolute Gasteiger partial charge is 0.379 e. The monoisotopic (exact) mass is 443 g/mol. The van der Waals surface area contributed by atoms with E-state index in [1.54, 1.807) is 30.5 Å². The van der Waals surface area contributed by atoms with Crippen molar-refractivity contribution in [1.29, 1.82) is 0 Å². The maximum atomic E-state index is 13.2. The molecule has 0 radical (unpaired) electrons. The number of nitrogens with one attached hydrogen (secondary N) is 1. The van der Waals surface area contributed by atoms with E-state index in [1.807, 2.05) is 6.07 Å². The summed E-state index contributed by atoms with van der Waals surface area (Å²) in [6.45, 7) is 4.99. The number of nitrogens with zero attached hydrogens (tertiary/aromatic N) is 4. The third kappa shape index (κ3) is 5.80. The zero-order valence-electron chi connectivity index (χ0n) is 17.5. The van der Waals surface area contributed by atoms with Gasteiger partial charge in [0.1, 0.15) is 11.5 Å². The number of aromatic nitrogens is 3. The third-order valence-corrected chi connectivity index (χ3v) is 5.17. The Bertz CT molecular complexity index is 1020. The van der Waals surface area contributed by atoms with Crippen LogP contribution >= 0.6 is 0 Å². The van der Waals surface area contributed by atoms with Crippen molar-refractivity contribution < 1.29 is 17.9 Å². The number of anilines is 1. The van der Waals surface area contributed by atoms with Crippen LogP contribution in [0.15, 0.2) is 54.7 Å². The van der Waals surface area contributed by atoms with Gasteiger partial charge in [0, 0.05) is 37.5 Å². The minimum Gasteiger partial charge on any atom is -0.379 e. The highest BCUT2D eigenvalue weighted by Crippen LogP contribution is 2.32. The molecule has 0 aliphatic carbocycles. The second kappa shape index (κ2) is 10.1. The van der Waals surface area contributed by atoms with Crippen LogP contribution < -0.4 is 5.32 Å². The summed E-state index contributed by atoms with van der Waals surface area (Å²) >= 11 is 0. The predicted octanol–water partition coefficient (Wildman–Crippen LogP) is 4.36. The van der Waals surface area contributed by atoms with Crippen molar-refractivity contribution in [2.45, 2.75) is 12.6 Å². The van der Waals surface area contributed by atoms with Crippen molar-refractivity contribution in [2.24, 2.45) is 0 Å². The average Bonchev–Trinajstić information content (AvgIpc) is 2.82. The van der Waals surface area contributed by atoms with E-state index in [0.29, 0.717) is 35.1 Å². The topological polar surface area (TPSA) is 63.2 Å². The van der Waals surface area contributed by atoms with Gasteiger partial charge in [-0.15, -0.1) is 0 Å². The highest BCUT2D eigenvalue weighted by atomic mass is 19.4. The second-order valence-corrected chi connectivity index (χ2v) is 7.49. The summed E-state index contributed by atoms with van der Waals surface area (Å²) in [5.74, 6) is 0.909. The van der Waals surface area contributed by atoms with Crippen molar-refractivity contribution in [3.05, 3.63) is 60.3 Å². The Hall–Kier alpha value is -3.04. The van der Waals surface area contributed by atoms with E-state index in [1.165, 1.54) is 6.07 Å². The van der Waals surface area contributed by atoms with Crippen molar-refractivity contribution in [3.8, 4) is 22.8 Å². The molecule has 6 nitrogen and oxygen atoms in total. The van der Waals surface area contributed by atoms with Gasteiger partial charge in [0.15, 0.2) is 5.82 Å². The van der Waals surface area contributed by atoms with E-state index in [9.17, 15) is 13.2 Å². The van der Waals surface area contributed by atoms with Crippen LogP contribution in [0.25, 0.3) is 22.8 Å². The first-order valence-electron chi connectivity index (χ1n) is 10.5. The molecule has 9 heteroatoms. The summed E-state index contributed by atoms with van der Waals surface area (Å²) in [4.78, 5) is 15.7. The SMILES string of the molecule is FC(F)(F)c1cccc(-c2cc(NCCCN3CCOCC3)nc(-c3ccccn3)n2)c1. The summed E-state index contributed by atoms with van der Waals surface area (Å²) in [7, 11) is 0. The molecule has 0 atom stereocenters. The molecule has 2 aromatic heterocycles. The first-order valence-corrected chi connectivity index (χ1v) is 10.5. The van der Waals surface area contributed by atoms with E-state index < -0.39 is 11.7 Å². The van der Waals surface area contributed by atoms with Gasteiger partial charge >= 0.3 is 6.18 Å². The zero-order valence-corrected chi connectivity index (χ0v) is 17.5. The van der Waals surface area contributed by atoms with Crippen molar-refractivity contribution in [1.82, 2.24) is 19.9 Å². The van der Waals surface area contributed by atoms with E-state index in [2.05, 4.69) is 25.2 Å². The molecule has 1 N–H and O–H groups in total. The standard InChI is InChI=1S/C23H24F3N5O/c24-23(25,26)18-6-3-5-17(15-18)20-16-21(28-9-4-10-31-11-13-32-14-12-31)30-22(29-20)19-7-1-2-8-27-19/h1-3,5-8,15-16H,4,9-14H2,(H,28,29,30). The number of alkyl halides is 3. The number of benzene rings is 1. The lowest BCUT2D eigenvalue weighted by atomic mass is 10.1. The van der Waals surface area contributed by atoms with Gasteiger partial charge in [0.25, 0.3) is 0 Å². The molecule has 4 rings (SSSR count). The molecule has 0 saturated carbocycles. The van der Waals surface area contributed by atoms with Gasteiger partial charge in [-0.05, 0) is 37.2 Å². The van der Waals surface area contributed by atoms with Crippen LogP contribution in [0.3, 0.4) is 0 Å². The molecular formula is C23H24F3N5O. The molecule has 3 heterocycles. The number of pyridine rings is 1. The molecular weight excluding hydrogens is 419 g/mol. The minimum atomic E-state index is -4.42. The fourth-order valence-corrected chi connectivity index (χ4v) is 3.49. The van der Waals surface area contributed by atoms with E-state index in [4.69, 9.17) is 4.74 Å². The summed E-state index contributed by atoms with van der Waals surface area (Å²) in [5, 5.41) is 3.29. The van der Waals surface area contributed by atoms with Crippen molar-refractivity contribution >= 4 is 5.82 Å². The minimum absolute atomic E-state index is 0.358. The van der Waals surface area contributed by atoms with Crippen LogP contribution in [0.1, 0.15) is 12.0 Å². The van der Waals surface area contributed by atoms with Crippen LogP contribution in [0.4, 0.5) is 19.0 Å². The van der Waals surface area contributed by atoms with Gasteiger partial charge in [0.2, 0.25) is 0 Å². The number of halogens is 3. The molecule has 1 aliphatic heterocycles. The van der Waals surface area contributed by atoms with Gasteiger partial charge in [-0.1, -0.05) is 18.2 Å². The molecule has 32 heavy (non-hydrogen) atoms. The number of ether oxygens (including phenoxy) is 1. The molecule has 0 spiro atoms. The van der Waals surface area contributed by atoms with Crippen LogP contribution in [0.5, 0.6) is 0 Å². The predicted molar refractivity (Wildman–Crippen MR) is 116 cm³/mol. The normalized spacial score (nSPS) is 15.0. The zero-order chi connectivity index (χ0) is 22.4. The fourth-order valence-electron chi connectivity index (χ4n) is 3.49. The second-order valence-electron chi connectivity index (χ2n) is 7.49. The maximum Gasteiger partial charge on any atom is 0.416 e. The van der Waals surface area contributed by atoms with Crippen LogP contribution in [-0.2, 0) is 10.9 Å². The molecule has 3 aromatic rings. The quantitative estimate of drug-likeness (QED) is 0.548. The molecule has 1 aromatic carbocycles. The molecule has 168 valence electrons. The van der Waals surface area contributed by atoms with Gasteiger partial charge in [-0.25, -0.2) is 9.97 Å². The largest absolute Gasteiger partial charge is 0.416 e. The Morgan fingerprint density at radius 3 is 2.56 bits per heavy atom. The lowest BCUT2D eigenvalue weighted by Gasteiger charge is -2.26. The molecule has 1 saturated heterocycles. The highest BCUT2D eigenvalue weighted by Gasteiger charge is 2.30. The lowest BCUT2D eigenvalue weighted by molar-refractivity contribution is -0.137. The molecule has 0 unspecified atom stereocenters. The lowest BCUT2D eigenvalue weighted by Crippen LogP contribution is -2.37. The summed E-state index contributed by atoms with van der Waals surface area (Å²) in [5.41, 5.74) is 0.615. The Balaban J connectivity index is 1.56. The van der Waals surface area contributed by atoms with Crippen LogP contribution in [-0.4, -0.2) is 59.2 Å².